The zero-order valence-corrected chi connectivity index (χ0v) is 7.87. The van der Waals surface area contributed by atoms with Crippen LogP contribution in [0.4, 0.5) is 0 Å². The Hall–Kier alpha value is -1.37. The summed E-state index contributed by atoms with van der Waals surface area (Å²) in [5, 5.41) is 2.53. The van der Waals surface area contributed by atoms with Gasteiger partial charge in [0.25, 0.3) is 11.8 Å². The smallest absolute Gasteiger partial charge is 0.266 e. The van der Waals surface area contributed by atoms with Gasteiger partial charge in [-0.05, 0) is 17.4 Å². The first-order chi connectivity index (χ1) is 6.00. The molecule has 0 aliphatic carbocycles. The van der Waals surface area contributed by atoms with Gasteiger partial charge in [0.1, 0.15) is 0 Å². The minimum atomic E-state index is -1.48. The van der Waals surface area contributed by atoms with Gasteiger partial charge in [-0.15, -0.1) is 4.91 Å². The van der Waals surface area contributed by atoms with E-state index in [9.17, 15) is 14.5 Å². The maximum absolute atomic E-state index is 11.2. The van der Waals surface area contributed by atoms with Crippen LogP contribution in [0.25, 0.3) is 0 Å². The van der Waals surface area contributed by atoms with Gasteiger partial charge in [0.2, 0.25) is 6.04 Å². The summed E-state index contributed by atoms with van der Waals surface area (Å²) in [6.07, 6.45) is 0. The highest BCUT2D eigenvalue weighted by atomic mass is 32.1. The third-order valence-electron chi connectivity index (χ3n) is 1.81. The van der Waals surface area contributed by atoms with Crippen molar-refractivity contribution in [2.24, 2.45) is 5.18 Å². The summed E-state index contributed by atoms with van der Waals surface area (Å²) in [6.45, 7) is 0. The number of carbonyl (C=O) groups is 2. The molecule has 13 heavy (non-hydrogen) atoms. The Morgan fingerprint density at radius 1 is 1.23 bits per heavy atom. The highest BCUT2D eigenvalue weighted by molar-refractivity contribution is 7.80. The van der Waals surface area contributed by atoms with E-state index in [1.54, 1.807) is 0 Å². The second-order valence-corrected chi connectivity index (χ2v) is 2.95. The van der Waals surface area contributed by atoms with Crippen molar-refractivity contribution in [1.29, 1.82) is 0 Å². The fourth-order valence-corrected chi connectivity index (χ4v) is 1.16. The molecular formula is C6H7N3O3S. The van der Waals surface area contributed by atoms with Crippen LogP contribution in [-0.2, 0) is 9.59 Å². The van der Waals surface area contributed by atoms with Crippen LogP contribution in [0.5, 0.6) is 0 Å². The number of rotatable bonds is 1. The van der Waals surface area contributed by atoms with Gasteiger partial charge in [0.15, 0.2) is 5.11 Å². The fourth-order valence-electron chi connectivity index (χ4n) is 0.976. The summed E-state index contributed by atoms with van der Waals surface area (Å²) in [5.41, 5.74) is 0. The van der Waals surface area contributed by atoms with E-state index >= 15 is 0 Å². The SMILES string of the molecule is CN1C(=O)C(N=O)C(=O)N(C)C1=S. The number of carbonyl (C=O) groups excluding carboxylic acids is 2. The Kier molecular flexibility index (Phi) is 2.37. The molecule has 1 aliphatic heterocycles. The van der Waals surface area contributed by atoms with Crippen LogP contribution in [0.15, 0.2) is 5.18 Å². The topological polar surface area (TPSA) is 70.0 Å². The average molecular weight is 201 g/mol. The summed E-state index contributed by atoms with van der Waals surface area (Å²) in [5.74, 6) is -1.36. The lowest BCUT2D eigenvalue weighted by molar-refractivity contribution is -0.140. The number of nitroso groups, excluding NO2 is 1. The van der Waals surface area contributed by atoms with E-state index in [1.807, 2.05) is 0 Å². The van der Waals surface area contributed by atoms with E-state index in [0.29, 0.717) is 0 Å². The lowest BCUT2D eigenvalue weighted by Gasteiger charge is -2.32. The van der Waals surface area contributed by atoms with Gasteiger partial charge in [0, 0.05) is 14.1 Å². The number of likely N-dealkylation sites (N-methyl/N-ethyl adjacent to an activating group) is 2. The van der Waals surface area contributed by atoms with Crippen molar-refractivity contribution in [3.63, 3.8) is 0 Å². The molecule has 7 heteroatoms. The molecule has 0 unspecified atom stereocenters. The number of hydrogen-bond acceptors (Lipinski definition) is 5. The molecule has 0 bridgehead atoms. The first kappa shape index (κ1) is 9.72. The molecule has 0 aromatic rings. The van der Waals surface area contributed by atoms with Gasteiger partial charge in [-0.1, -0.05) is 0 Å². The highest BCUT2D eigenvalue weighted by Gasteiger charge is 2.41. The molecular weight excluding hydrogens is 194 g/mol. The van der Waals surface area contributed by atoms with Gasteiger partial charge >= 0.3 is 0 Å². The van der Waals surface area contributed by atoms with Gasteiger partial charge in [-0.3, -0.25) is 19.4 Å². The molecule has 6 nitrogen and oxygen atoms in total. The van der Waals surface area contributed by atoms with Crippen LogP contribution in [0.3, 0.4) is 0 Å². The number of thiocarbonyl (C=S) groups is 1. The summed E-state index contributed by atoms with van der Waals surface area (Å²) < 4.78 is 0. The quantitative estimate of drug-likeness (QED) is 0.321. The van der Waals surface area contributed by atoms with Gasteiger partial charge in [-0.25, -0.2) is 0 Å². The Labute approximate surface area is 79.5 Å². The van der Waals surface area contributed by atoms with Crippen LogP contribution < -0.4 is 0 Å². The first-order valence-electron chi connectivity index (χ1n) is 3.42. The van der Waals surface area contributed by atoms with E-state index in [0.717, 1.165) is 9.80 Å². The summed E-state index contributed by atoms with van der Waals surface area (Å²) in [7, 11) is 2.79. The lowest BCUT2D eigenvalue weighted by Crippen LogP contribution is -2.58. The van der Waals surface area contributed by atoms with Crippen LogP contribution in [0.1, 0.15) is 0 Å². The maximum Gasteiger partial charge on any atom is 0.266 e. The maximum atomic E-state index is 11.2. The molecule has 2 amide bonds. The largest absolute Gasteiger partial charge is 0.290 e. The number of nitrogens with zero attached hydrogens (tertiary/aromatic N) is 3. The second-order valence-electron chi connectivity index (χ2n) is 2.59. The second kappa shape index (κ2) is 3.17. The molecule has 0 N–H and O–H groups in total. The van der Waals surface area contributed by atoms with E-state index in [1.165, 1.54) is 14.1 Å². The van der Waals surface area contributed by atoms with Crippen molar-refractivity contribution < 1.29 is 9.59 Å². The Bertz CT molecular complexity index is 279. The molecule has 0 aromatic heterocycles. The van der Waals surface area contributed by atoms with E-state index in [-0.39, 0.29) is 5.11 Å². The van der Waals surface area contributed by atoms with Crippen LogP contribution in [0.2, 0.25) is 0 Å². The molecule has 0 saturated carbocycles. The molecule has 0 atom stereocenters. The van der Waals surface area contributed by atoms with Crippen molar-refractivity contribution >= 4 is 29.1 Å². The number of hydrogen-bond donors (Lipinski definition) is 0. The van der Waals surface area contributed by atoms with E-state index in [2.05, 4.69) is 5.18 Å². The average Bonchev–Trinajstić information content (AvgIpc) is 2.13. The van der Waals surface area contributed by atoms with E-state index < -0.39 is 17.9 Å². The molecule has 1 rings (SSSR count). The summed E-state index contributed by atoms with van der Waals surface area (Å²) in [4.78, 5) is 34.7. The van der Waals surface area contributed by atoms with Gasteiger partial charge in [0.05, 0.1) is 0 Å². The molecule has 0 radical (unpaired) electrons. The van der Waals surface area contributed by atoms with Crippen LogP contribution in [-0.4, -0.2) is 46.9 Å². The lowest BCUT2D eigenvalue weighted by atomic mass is 10.2. The monoisotopic (exact) mass is 201 g/mol. The van der Waals surface area contributed by atoms with Gasteiger partial charge in [-0.2, -0.15) is 0 Å². The Balaban J connectivity index is 3.05. The van der Waals surface area contributed by atoms with Crippen molar-refractivity contribution in [1.82, 2.24) is 9.80 Å². The fraction of sp³-hybridized carbons (Fsp3) is 0.500. The Morgan fingerprint density at radius 2 is 1.62 bits per heavy atom. The number of amides is 2. The predicted molar refractivity (Wildman–Crippen MR) is 47.7 cm³/mol. The van der Waals surface area contributed by atoms with Crippen molar-refractivity contribution in [2.75, 3.05) is 14.1 Å². The zero-order chi connectivity index (χ0) is 10.2. The summed E-state index contributed by atoms with van der Waals surface area (Å²) >= 11 is 4.77. The minimum Gasteiger partial charge on any atom is -0.290 e. The molecule has 1 aliphatic rings. The van der Waals surface area contributed by atoms with Crippen molar-refractivity contribution in [2.45, 2.75) is 6.04 Å². The zero-order valence-electron chi connectivity index (χ0n) is 7.05. The molecule has 1 heterocycles. The molecule has 0 spiro atoms. The highest BCUT2D eigenvalue weighted by Crippen LogP contribution is 2.11. The summed E-state index contributed by atoms with van der Waals surface area (Å²) in [6, 6.07) is -1.48. The van der Waals surface area contributed by atoms with Crippen LogP contribution in [0, 0.1) is 4.91 Å². The van der Waals surface area contributed by atoms with Gasteiger partial charge < -0.3 is 0 Å². The third-order valence-corrected chi connectivity index (χ3v) is 2.36. The van der Waals surface area contributed by atoms with E-state index in [4.69, 9.17) is 12.2 Å². The molecule has 70 valence electrons. The molecule has 1 saturated heterocycles. The standard InChI is InChI=1S/C6H7N3O3S/c1-8-4(10)3(7-12)5(11)9(2)6(8)13/h3H,1-2H3. The Morgan fingerprint density at radius 3 is 1.92 bits per heavy atom. The van der Waals surface area contributed by atoms with Crippen molar-refractivity contribution in [3.05, 3.63) is 4.91 Å². The normalized spacial score (nSPS) is 19.7. The first-order valence-corrected chi connectivity index (χ1v) is 3.83. The van der Waals surface area contributed by atoms with Crippen molar-refractivity contribution in [3.8, 4) is 0 Å². The third kappa shape index (κ3) is 1.31. The molecule has 0 aromatic carbocycles. The van der Waals surface area contributed by atoms with Crippen LogP contribution >= 0.6 is 12.2 Å². The predicted octanol–water partition coefficient (Wildman–Crippen LogP) is -0.663. The molecule has 1 fully saturated rings. The minimum absolute atomic E-state index is 0.0786.